The summed E-state index contributed by atoms with van der Waals surface area (Å²) in [5.41, 5.74) is 0. The monoisotopic (exact) mass is 279 g/mol. The van der Waals surface area contributed by atoms with Crippen LogP contribution in [0.5, 0.6) is 0 Å². The van der Waals surface area contributed by atoms with Gasteiger partial charge in [0.1, 0.15) is 0 Å². The number of carbonyl (C=O) groups excluding carboxylic acids is 1. The Morgan fingerprint density at radius 3 is 2.65 bits per heavy atom. The molecular weight excluding hydrogens is 250 g/mol. The summed E-state index contributed by atoms with van der Waals surface area (Å²) in [6, 6.07) is 1.24. The number of piperidine rings is 1. The summed E-state index contributed by atoms with van der Waals surface area (Å²) in [5, 5.41) is 3.48. The molecule has 4 nitrogen and oxygen atoms in total. The second kappa shape index (κ2) is 6.90. The first-order chi connectivity index (χ1) is 9.83. The van der Waals surface area contributed by atoms with Crippen LogP contribution in [0.4, 0.5) is 0 Å². The molecule has 1 amide bonds. The van der Waals surface area contributed by atoms with E-state index in [1.165, 1.54) is 51.6 Å². The third-order valence-corrected chi connectivity index (χ3v) is 5.29. The van der Waals surface area contributed by atoms with Crippen molar-refractivity contribution < 1.29 is 4.79 Å². The summed E-state index contributed by atoms with van der Waals surface area (Å²) in [6.45, 7) is 5.60. The van der Waals surface area contributed by atoms with Crippen molar-refractivity contribution in [3.63, 3.8) is 0 Å². The topological polar surface area (TPSA) is 35.6 Å². The summed E-state index contributed by atoms with van der Waals surface area (Å²) in [6.07, 6.45) is 9.57. The molecule has 0 aromatic rings. The Balaban J connectivity index is 1.40. The second-order valence-electron chi connectivity index (χ2n) is 6.71. The molecule has 0 aliphatic carbocycles. The minimum absolute atomic E-state index is 0.387. The van der Waals surface area contributed by atoms with Gasteiger partial charge in [-0.05, 0) is 58.2 Å². The minimum atomic E-state index is 0.387. The van der Waals surface area contributed by atoms with Crippen molar-refractivity contribution in [1.29, 1.82) is 0 Å². The molecule has 3 aliphatic rings. The third kappa shape index (κ3) is 3.53. The molecule has 0 saturated carbocycles. The molecule has 3 rings (SSSR count). The molecule has 0 spiro atoms. The highest BCUT2D eigenvalue weighted by atomic mass is 16.2. The molecule has 3 saturated heterocycles. The predicted molar refractivity (Wildman–Crippen MR) is 80.7 cm³/mol. The highest BCUT2D eigenvalue weighted by Gasteiger charge is 2.30. The van der Waals surface area contributed by atoms with Crippen LogP contribution in [0, 0.1) is 0 Å². The molecule has 0 radical (unpaired) electrons. The Labute approximate surface area is 122 Å². The van der Waals surface area contributed by atoms with E-state index in [9.17, 15) is 4.79 Å². The minimum Gasteiger partial charge on any atom is -0.341 e. The van der Waals surface area contributed by atoms with Crippen LogP contribution in [0.25, 0.3) is 0 Å². The molecule has 20 heavy (non-hydrogen) atoms. The Hall–Kier alpha value is -0.610. The van der Waals surface area contributed by atoms with Gasteiger partial charge >= 0.3 is 0 Å². The van der Waals surface area contributed by atoms with Crippen LogP contribution < -0.4 is 5.32 Å². The van der Waals surface area contributed by atoms with Crippen LogP contribution >= 0.6 is 0 Å². The fraction of sp³-hybridized carbons (Fsp3) is 0.938. The number of likely N-dealkylation sites (tertiary alicyclic amines) is 2. The Morgan fingerprint density at radius 2 is 1.90 bits per heavy atom. The second-order valence-corrected chi connectivity index (χ2v) is 6.71. The van der Waals surface area contributed by atoms with Crippen molar-refractivity contribution in [3.05, 3.63) is 0 Å². The van der Waals surface area contributed by atoms with E-state index in [4.69, 9.17) is 0 Å². The van der Waals surface area contributed by atoms with Crippen molar-refractivity contribution in [3.8, 4) is 0 Å². The highest BCUT2D eigenvalue weighted by molar-refractivity contribution is 5.76. The molecule has 0 bridgehead atoms. The zero-order chi connectivity index (χ0) is 13.8. The van der Waals surface area contributed by atoms with E-state index in [-0.39, 0.29) is 0 Å². The van der Waals surface area contributed by atoms with Gasteiger partial charge in [0.25, 0.3) is 0 Å². The number of hydrogen-bond acceptors (Lipinski definition) is 3. The van der Waals surface area contributed by atoms with Crippen LogP contribution in [0.2, 0.25) is 0 Å². The zero-order valence-corrected chi connectivity index (χ0v) is 12.6. The zero-order valence-electron chi connectivity index (χ0n) is 12.6. The van der Waals surface area contributed by atoms with Crippen molar-refractivity contribution in [2.45, 2.75) is 63.5 Å². The van der Waals surface area contributed by atoms with Crippen LogP contribution in [0.15, 0.2) is 0 Å². The number of nitrogens with zero attached hydrogens (tertiary/aromatic N) is 2. The lowest BCUT2D eigenvalue weighted by Gasteiger charge is -2.32. The number of carbonyl (C=O) groups is 1. The Bertz CT molecular complexity index is 322. The lowest BCUT2D eigenvalue weighted by Crippen LogP contribution is -2.41. The maximum absolute atomic E-state index is 12.3. The van der Waals surface area contributed by atoms with E-state index in [1.54, 1.807) is 0 Å². The SMILES string of the molecule is O=C(CCC1CCCN1)N1CCC(N2CCCCC2)C1. The van der Waals surface area contributed by atoms with Gasteiger partial charge in [0.05, 0.1) is 0 Å². The fourth-order valence-corrected chi connectivity index (χ4v) is 4.01. The van der Waals surface area contributed by atoms with Gasteiger partial charge in [0.2, 0.25) is 5.91 Å². The van der Waals surface area contributed by atoms with E-state index in [1.807, 2.05) is 0 Å². The van der Waals surface area contributed by atoms with E-state index in [0.29, 0.717) is 18.0 Å². The van der Waals surface area contributed by atoms with Crippen LogP contribution in [0.3, 0.4) is 0 Å². The number of hydrogen-bond donors (Lipinski definition) is 1. The molecule has 4 heteroatoms. The standard InChI is InChI=1S/C16H29N3O/c20-16(7-6-14-5-4-9-17-14)19-12-8-15(13-19)18-10-2-1-3-11-18/h14-15,17H,1-13H2. The highest BCUT2D eigenvalue weighted by Crippen LogP contribution is 2.21. The van der Waals surface area contributed by atoms with Crippen LogP contribution in [0.1, 0.15) is 51.4 Å². The normalized spacial score (nSPS) is 31.9. The van der Waals surface area contributed by atoms with Crippen LogP contribution in [-0.2, 0) is 4.79 Å². The van der Waals surface area contributed by atoms with Crippen molar-refractivity contribution in [2.24, 2.45) is 0 Å². The maximum Gasteiger partial charge on any atom is 0.222 e. The van der Waals surface area contributed by atoms with E-state index < -0.39 is 0 Å². The van der Waals surface area contributed by atoms with Gasteiger partial charge in [0.15, 0.2) is 0 Å². The molecule has 114 valence electrons. The van der Waals surface area contributed by atoms with Crippen LogP contribution in [-0.4, -0.2) is 60.5 Å². The maximum atomic E-state index is 12.3. The predicted octanol–water partition coefficient (Wildman–Crippen LogP) is 1.61. The molecule has 3 heterocycles. The molecule has 1 N–H and O–H groups in total. The first-order valence-electron chi connectivity index (χ1n) is 8.58. The number of rotatable bonds is 4. The molecule has 0 aromatic carbocycles. The lowest BCUT2D eigenvalue weighted by atomic mass is 10.1. The van der Waals surface area contributed by atoms with Gasteiger partial charge < -0.3 is 10.2 Å². The lowest BCUT2D eigenvalue weighted by molar-refractivity contribution is -0.130. The van der Waals surface area contributed by atoms with Gasteiger partial charge in [0, 0.05) is 31.6 Å². The van der Waals surface area contributed by atoms with Gasteiger partial charge in [-0.2, -0.15) is 0 Å². The Morgan fingerprint density at radius 1 is 1.05 bits per heavy atom. The van der Waals surface area contributed by atoms with Gasteiger partial charge in [-0.1, -0.05) is 6.42 Å². The summed E-state index contributed by atoms with van der Waals surface area (Å²) < 4.78 is 0. The first-order valence-corrected chi connectivity index (χ1v) is 8.58. The fourth-order valence-electron chi connectivity index (χ4n) is 4.01. The van der Waals surface area contributed by atoms with E-state index >= 15 is 0 Å². The average Bonchev–Trinajstić information content (AvgIpc) is 3.17. The molecule has 0 aromatic heterocycles. The van der Waals surface area contributed by atoms with Crippen molar-refractivity contribution in [1.82, 2.24) is 15.1 Å². The molecular formula is C16H29N3O. The van der Waals surface area contributed by atoms with E-state index in [0.717, 1.165) is 32.5 Å². The summed E-state index contributed by atoms with van der Waals surface area (Å²) in [4.78, 5) is 17.0. The first kappa shape index (κ1) is 14.3. The molecule has 2 atom stereocenters. The smallest absolute Gasteiger partial charge is 0.222 e. The Kier molecular flexibility index (Phi) is 4.94. The summed E-state index contributed by atoms with van der Waals surface area (Å²) in [5.74, 6) is 0.387. The van der Waals surface area contributed by atoms with E-state index in [2.05, 4.69) is 15.1 Å². The summed E-state index contributed by atoms with van der Waals surface area (Å²) in [7, 11) is 0. The molecule has 3 aliphatic heterocycles. The largest absolute Gasteiger partial charge is 0.341 e. The van der Waals surface area contributed by atoms with Gasteiger partial charge in [-0.15, -0.1) is 0 Å². The third-order valence-electron chi connectivity index (χ3n) is 5.29. The van der Waals surface area contributed by atoms with Crippen molar-refractivity contribution in [2.75, 3.05) is 32.7 Å². The molecule has 2 unspecified atom stereocenters. The number of nitrogens with one attached hydrogen (secondary N) is 1. The van der Waals surface area contributed by atoms with Gasteiger partial charge in [-0.3, -0.25) is 9.69 Å². The average molecular weight is 279 g/mol. The van der Waals surface area contributed by atoms with Gasteiger partial charge in [-0.25, -0.2) is 0 Å². The molecule has 3 fully saturated rings. The van der Waals surface area contributed by atoms with Crippen molar-refractivity contribution >= 4 is 5.91 Å². The number of amides is 1. The quantitative estimate of drug-likeness (QED) is 0.849. The summed E-state index contributed by atoms with van der Waals surface area (Å²) >= 11 is 0.